The van der Waals surface area contributed by atoms with Crippen LogP contribution in [0.1, 0.15) is 51.3 Å². The Morgan fingerprint density at radius 1 is 1.30 bits per heavy atom. The van der Waals surface area contributed by atoms with Gasteiger partial charge >= 0.3 is 0 Å². The molecule has 0 fully saturated rings. The molecule has 23 heavy (non-hydrogen) atoms. The van der Waals surface area contributed by atoms with E-state index in [0.29, 0.717) is 12.8 Å². The van der Waals surface area contributed by atoms with Crippen molar-refractivity contribution in [2.45, 2.75) is 58.7 Å². The first kappa shape index (κ1) is 17.5. The Morgan fingerprint density at radius 3 is 2.52 bits per heavy atom. The number of aliphatic hydroxyl groups excluding tert-OH is 1. The smallest absolute Gasteiger partial charge is 0.243 e. The third kappa shape index (κ3) is 3.91. The lowest BCUT2D eigenvalue weighted by Crippen LogP contribution is -2.55. The highest BCUT2D eigenvalue weighted by molar-refractivity contribution is 5.88. The summed E-state index contributed by atoms with van der Waals surface area (Å²) >= 11 is 0. The predicted molar refractivity (Wildman–Crippen MR) is 88.7 cm³/mol. The van der Waals surface area contributed by atoms with Crippen molar-refractivity contribution in [1.29, 1.82) is 0 Å². The number of amides is 2. The van der Waals surface area contributed by atoms with Crippen molar-refractivity contribution in [2.24, 2.45) is 5.41 Å². The van der Waals surface area contributed by atoms with Crippen LogP contribution in [0.2, 0.25) is 0 Å². The van der Waals surface area contributed by atoms with E-state index in [1.807, 2.05) is 45.0 Å². The Bertz CT molecular complexity index is 592. The van der Waals surface area contributed by atoms with Crippen molar-refractivity contribution in [3.05, 3.63) is 35.4 Å². The molecule has 5 heteroatoms. The fourth-order valence-corrected chi connectivity index (χ4v) is 2.91. The van der Waals surface area contributed by atoms with Gasteiger partial charge in [0.15, 0.2) is 0 Å². The van der Waals surface area contributed by atoms with Gasteiger partial charge in [0.05, 0.1) is 12.1 Å². The third-order valence-corrected chi connectivity index (χ3v) is 4.28. The SMILES string of the molecule is CCC(=O)NC(C(=O)NC1Cc2ccccc2[C@H]1O)C(C)(C)C. The van der Waals surface area contributed by atoms with Crippen LogP contribution in [-0.2, 0) is 16.0 Å². The zero-order valence-corrected chi connectivity index (χ0v) is 14.2. The molecular formula is C18H26N2O3. The maximum atomic E-state index is 12.7. The summed E-state index contributed by atoms with van der Waals surface area (Å²) in [6.07, 6.45) is 0.219. The van der Waals surface area contributed by atoms with E-state index in [2.05, 4.69) is 10.6 Å². The summed E-state index contributed by atoms with van der Waals surface area (Å²) in [7, 11) is 0. The highest BCUT2D eigenvalue weighted by atomic mass is 16.3. The number of carbonyl (C=O) groups is 2. The molecule has 3 atom stereocenters. The second-order valence-corrected chi connectivity index (χ2v) is 7.18. The van der Waals surface area contributed by atoms with Crippen LogP contribution in [0.3, 0.4) is 0 Å². The number of carbonyl (C=O) groups excluding carboxylic acids is 2. The van der Waals surface area contributed by atoms with E-state index in [0.717, 1.165) is 11.1 Å². The van der Waals surface area contributed by atoms with Crippen LogP contribution in [-0.4, -0.2) is 29.0 Å². The van der Waals surface area contributed by atoms with Gasteiger partial charge in [0.25, 0.3) is 0 Å². The first-order valence-corrected chi connectivity index (χ1v) is 8.09. The Hall–Kier alpha value is -1.88. The summed E-state index contributed by atoms with van der Waals surface area (Å²) in [6, 6.07) is 6.66. The zero-order valence-electron chi connectivity index (χ0n) is 14.2. The van der Waals surface area contributed by atoms with Gasteiger partial charge in [0.2, 0.25) is 11.8 Å². The molecule has 1 aromatic carbocycles. The first-order valence-electron chi connectivity index (χ1n) is 8.09. The number of rotatable bonds is 4. The largest absolute Gasteiger partial charge is 0.386 e. The lowest BCUT2D eigenvalue weighted by atomic mass is 9.85. The van der Waals surface area contributed by atoms with E-state index in [1.165, 1.54) is 0 Å². The molecule has 0 radical (unpaired) electrons. The van der Waals surface area contributed by atoms with Gasteiger partial charge in [-0.1, -0.05) is 52.0 Å². The molecule has 2 rings (SSSR count). The molecule has 1 aliphatic rings. The molecule has 0 saturated carbocycles. The molecular weight excluding hydrogens is 292 g/mol. The normalized spacial score (nSPS) is 21.4. The second-order valence-electron chi connectivity index (χ2n) is 7.18. The molecule has 1 aromatic rings. The van der Waals surface area contributed by atoms with E-state index in [1.54, 1.807) is 6.92 Å². The number of aliphatic hydroxyl groups is 1. The Morgan fingerprint density at radius 2 is 1.96 bits per heavy atom. The molecule has 0 spiro atoms. The van der Waals surface area contributed by atoms with Crippen LogP contribution in [0.25, 0.3) is 0 Å². The summed E-state index contributed by atoms with van der Waals surface area (Å²) in [5.41, 5.74) is 1.50. The summed E-state index contributed by atoms with van der Waals surface area (Å²) in [6.45, 7) is 7.48. The molecule has 0 heterocycles. The monoisotopic (exact) mass is 318 g/mol. The summed E-state index contributed by atoms with van der Waals surface area (Å²) in [5, 5.41) is 16.1. The maximum absolute atomic E-state index is 12.7. The zero-order chi connectivity index (χ0) is 17.2. The number of hydrogen-bond acceptors (Lipinski definition) is 3. The number of hydrogen-bond donors (Lipinski definition) is 3. The number of benzene rings is 1. The topological polar surface area (TPSA) is 78.4 Å². The Labute approximate surface area is 137 Å². The van der Waals surface area contributed by atoms with E-state index in [-0.39, 0.29) is 17.9 Å². The lowest BCUT2D eigenvalue weighted by Gasteiger charge is -2.31. The van der Waals surface area contributed by atoms with Crippen LogP contribution in [0.4, 0.5) is 0 Å². The van der Waals surface area contributed by atoms with Gasteiger partial charge in [-0.2, -0.15) is 0 Å². The third-order valence-electron chi connectivity index (χ3n) is 4.28. The summed E-state index contributed by atoms with van der Waals surface area (Å²) < 4.78 is 0. The van der Waals surface area contributed by atoms with Gasteiger partial charge < -0.3 is 15.7 Å². The van der Waals surface area contributed by atoms with Crippen LogP contribution in [0, 0.1) is 5.41 Å². The Balaban J connectivity index is 2.09. The van der Waals surface area contributed by atoms with Crippen molar-refractivity contribution < 1.29 is 14.7 Å². The number of fused-ring (bicyclic) bond motifs is 1. The van der Waals surface area contributed by atoms with Crippen LogP contribution in [0.15, 0.2) is 24.3 Å². The predicted octanol–water partition coefficient (Wildman–Crippen LogP) is 1.70. The maximum Gasteiger partial charge on any atom is 0.243 e. The second kappa shape index (κ2) is 6.71. The molecule has 2 unspecified atom stereocenters. The van der Waals surface area contributed by atoms with Crippen LogP contribution >= 0.6 is 0 Å². The minimum Gasteiger partial charge on any atom is -0.386 e. The van der Waals surface area contributed by atoms with Gasteiger partial charge in [0, 0.05) is 6.42 Å². The summed E-state index contributed by atoms with van der Waals surface area (Å²) in [4.78, 5) is 24.4. The average molecular weight is 318 g/mol. The summed E-state index contributed by atoms with van der Waals surface area (Å²) in [5.74, 6) is -0.411. The van der Waals surface area contributed by atoms with Crippen LogP contribution < -0.4 is 10.6 Å². The number of nitrogens with one attached hydrogen (secondary N) is 2. The quantitative estimate of drug-likeness (QED) is 0.791. The van der Waals surface area contributed by atoms with Gasteiger partial charge in [0.1, 0.15) is 6.04 Å². The average Bonchev–Trinajstić information content (AvgIpc) is 2.80. The highest BCUT2D eigenvalue weighted by Gasteiger charge is 2.37. The molecule has 126 valence electrons. The van der Waals surface area contributed by atoms with Crippen LogP contribution in [0.5, 0.6) is 0 Å². The molecule has 5 nitrogen and oxygen atoms in total. The van der Waals surface area contributed by atoms with E-state index in [4.69, 9.17) is 0 Å². The van der Waals surface area contributed by atoms with Gasteiger partial charge in [-0.05, 0) is 23.0 Å². The van der Waals surface area contributed by atoms with Crippen molar-refractivity contribution in [2.75, 3.05) is 0 Å². The molecule has 1 aliphatic carbocycles. The van der Waals surface area contributed by atoms with Gasteiger partial charge in [-0.3, -0.25) is 9.59 Å². The molecule has 3 N–H and O–H groups in total. The fraction of sp³-hybridized carbons (Fsp3) is 0.556. The molecule has 0 saturated heterocycles. The molecule has 0 aromatic heterocycles. The minimum absolute atomic E-state index is 0.157. The first-order chi connectivity index (χ1) is 10.7. The van der Waals surface area contributed by atoms with Crippen molar-refractivity contribution in [1.82, 2.24) is 10.6 Å². The minimum atomic E-state index is -0.711. The van der Waals surface area contributed by atoms with Crippen molar-refractivity contribution in [3.63, 3.8) is 0 Å². The molecule has 0 bridgehead atoms. The van der Waals surface area contributed by atoms with Crippen molar-refractivity contribution >= 4 is 11.8 Å². The van der Waals surface area contributed by atoms with E-state index in [9.17, 15) is 14.7 Å². The van der Waals surface area contributed by atoms with E-state index < -0.39 is 17.6 Å². The lowest BCUT2D eigenvalue weighted by molar-refractivity contribution is -0.132. The fourth-order valence-electron chi connectivity index (χ4n) is 2.91. The van der Waals surface area contributed by atoms with E-state index >= 15 is 0 Å². The van der Waals surface area contributed by atoms with Gasteiger partial charge in [-0.25, -0.2) is 0 Å². The standard InChI is InChI=1S/C18H26N2O3/c1-5-14(21)20-16(18(2,3)4)17(23)19-13-10-11-8-6-7-9-12(11)15(13)22/h6-9,13,15-16,22H,5,10H2,1-4H3,(H,19,23)(H,20,21)/t13?,15-,16?/m1/s1. The molecule has 2 amide bonds. The molecule has 0 aliphatic heterocycles. The highest BCUT2D eigenvalue weighted by Crippen LogP contribution is 2.31. The van der Waals surface area contributed by atoms with Gasteiger partial charge in [-0.15, -0.1) is 0 Å². The van der Waals surface area contributed by atoms with Crippen molar-refractivity contribution in [3.8, 4) is 0 Å². The Kier molecular flexibility index (Phi) is 5.09.